The molecule has 0 radical (unpaired) electrons. The van der Waals surface area contributed by atoms with Gasteiger partial charge in [-0.2, -0.15) is 0 Å². The summed E-state index contributed by atoms with van der Waals surface area (Å²) in [6.07, 6.45) is 0. The van der Waals surface area contributed by atoms with Crippen LogP contribution in [-0.2, 0) is 11.3 Å². The van der Waals surface area contributed by atoms with Gasteiger partial charge in [0.05, 0.1) is 19.3 Å². The van der Waals surface area contributed by atoms with Gasteiger partial charge >= 0.3 is 5.69 Å². The summed E-state index contributed by atoms with van der Waals surface area (Å²) >= 11 is 6.14. The van der Waals surface area contributed by atoms with Gasteiger partial charge in [-0.25, -0.2) is 4.79 Å². The van der Waals surface area contributed by atoms with E-state index in [9.17, 15) is 14.4 Å². The van der Waals surface area contributed by atoms with Crippen molar-refractivity contribution >= 4 is 34.7 Å². The molecule has 0 spiro atoms. The lowest BCUT2D eigenvalue weighted by Crippen LogP contribution is -2.43. The molecule has 2 rings (SSSR count). The molecule has 0 aliphatic heterocycles. The number of hydrogen-bond donors (Lipinski definition) is 3. The lowest BCUT2D eigenvalue weighted by molar-refractivity contribution is -0.115. The van der Waals surface area contributed by atoms with E-state index in [0.717, 1.165) is 5.56 Å². The average Bonchev–Trinajstić information content (AvgIpc) is 2.66. The smallest absolute Gasteiger partial charge is 0.330 e. The number of amides is 1. The Morgan fingerprint density at radius 3 is 2.47 bits per heavy atom. The summed E-state index contributed by atoms with van der Waals surface area (Å²) in [5, 5.41) is 3.34. The number of hydrogen-bond acceptors (Lipinski definition) is 6. The number of aromatic amines is 1. The Bertz CT molecular complexity index is 1090. The summed E-state index contributed by atoms with van der Waals surface area (Å²) in [5.41, 5.74) is 6.42. The van der Waals surface area contributed by atoms with Crippen LogP contribution in [0.1, 0.15) is 33.3 Å². The van der Waals surface area contributed by atoms with Crippen molar-refractivity contribution in [2.24, 2.45) is 11.8 Å². The highest BCUT2D eigenvalue weighted by Gasteiger charge is 2.23. The topological polar surface area (TPSA) is 122 Å². The molecule has 32 heavy (non-hydrogen) atoms. The van der Waals surface area contributed by atoms with Gasteiger partial charge in [-0.05, 0) is 30.4 Å². The van der Waals surface area contributed by atoms with Crippen LogP contribution in [-0.4, -0.2) is 35.7 Å². The first-order chi connectivity index (χ1) is 14.9. The number of halogens is 1. The number of nitrogens with one attached hydrogen (secondary N) is 2. The van der Waals surface area contributed by atoms with Crippen LogP contribution in [0.25, 0.3) is 0 Å². The third kappa shape index (κ3) is 6.06. The van der Waals surface area contributed by atoms with Gasteiger partial charge in [-0.3, -0.25) is 19.1 Å². The molecule has 2 aromatic rings. The lowest BCUT2D eigenvalue weighted by Gasteiger charge is -2.27. The number of nitrogens with zero attached hydrogens (tertiary/aromatic N) is 2. The number of anilines is 3. The minimum Gasteiger partial charge on any atom is -0.495 e. The van der Waals surface area contributed by atoms with E-state index >= 15 is 0 Å². The fourth-order valence-corrected chi connectivity index (χ4v) is 3.55. The molecule has 0 bridgehead atoms. The summed E-state index contributed by atoms with van der Waals surface area (Å²) < 4.78 is 6.65. The Morgan fingerprint density at radius 1 is 1.25 bits per heavy atom. The van der Waals surface area contributed by atoms with Crippen molar-refractivity contribution in [3.8, 4) is 5.75 Å². The maximum atomic E-state index is 12.9. The molecule has 1 amide bonds. The molecule has 1 heterocycles. The highest BCUT2D eigenvalue weighted by molar-refractivity contribution is 6.31. The molecule has 0 saturated carbocycles. The van der Waals surface area contributed by atoms with Crippen molar-refractivity contribution in [3.05, 3.63) is 43.6 Å². The minimum absolute atomic E-state index is 0.0424. The van der Waals surface area contributed by atoms with Gasteiger partial charge in [0.15, 0.2) is 0 Å². The van der Waals surface area contributed by atoms with Crippen LogP contribution in [0.3, 0.4) is 0 Å². The van der Waals surface area contributed by atoms with E-state index in [2.05, 4.69) is 10.3 Å². The zero-order valence-corrected chi connectivity index (χ0v) is 20.2. The molecule has 0 unspecified atom stereocenters. The first kappa shape index (κ1) is 25.3. The van der Waals surface area contributed by atoms with Gasteiger partial charge in [-0.1, -0.05) is 39.3 Å². The highest BCUT2D eigenvalue weighted by atomic mass is 35.5. The van der Waals surface area contributed by atoms with Crippen molar-refractivity contribution in [1.82, 2.24) is 9.55 Å². The molecule has 0 atom stereocenters. The average molecular weight is 466 g/mol. The molecule has 1 aromatic carbocycles. The summed E-state index contributed by atoms with van der Waals surface area (Å²) in [6, 6.07) is 3.35. The van der Waals surface area contributed by atoms with Gasteiger partial charge in [-0.15, -0.1) is 0 Å². The minimum atomic E-state index is -0.624. The third-order valence-corrected chi connectivity index (χ3v) is 5.16. The van der Waals surface area contributed by atoms with Crippen molar-refractivity contribution in [3.63, 3.8) is 0 Å². The van der Waals surface area contributed by atoms with Crippen LogP contribution in [0, 0.1) is 18.8 Å². The fourth-order valence-electron chi connectivity index (χ4n) is 3.40. The fraction of sp³-hybridized carbons (Fsp3) is 0.500. The Balaban J connectivity index is 2.42. The van der Waals surface area contributed by atoms with E-state index < -0.39 is 11.2 Å². The monoisotopic (exact) mass is 465 g/mol. The van der Waals surface area contributed by atoms with E-state index in [1.807, 2.05) is 34.6 Å². The number of ether oxygens (including phenoxy) is 1. The van der Waals surface area contributed by atoms with E-state index in [1.54, 1.807) is 17.0 Å². The van der Waals surface area contributed by atoms with Crippen LogP contribution < -0.4 is 31.9 Å². The standard InChI is InChI=1S/C22H32ClN5O4/c1-12(2)9-27(19-20(24)28(10-13(3)4)22(31)26-21(19)30)11-18(29)25-16-7-14(5)15(23)8-17(16)32-6/h7-8,12-13H,9-11,24H2,1-6H3,(H,25,29)(H,26,30,31). The van der Waals surface area contributed by atoms with Crippen molar-refractivity contribution < 1.29 is 9.53 Å². The number of aryl methyl sites for hydroxylation is 1. The van der Waals surface area contributed by atoms with Gasteiger partial charge in [0.25, 0.3) is 5.56 Å². The molecule has 9 nitrogen and oxygen atoms in total. The predicted octanol–water partition coefficient (Wildman–Crippen LogP) is 2.85. The molecule has 0 fully saturated rings. The van der Waals surface area contributed by atoms with Gasteiger partial charge < -0.3 is 20.7 Å². The number of H-pyrrole nitrogens is 1. The number of carbonyl (C=O) groups excluding carboxylic acids is 1. The summed E-state index contributed by atoms with van der Waals surface area (Å²) in [4.78, 5) is 41.8. The largest absolute Gasteiger partial charge is 0.495 e. The van der Waals surface area contributed by atoms with E-state index in [0.29, 0.717) is 29.5 Å². The maximum absolute atomic E-state index is 12.9. The maximum Gasteiger partial charge on any atom is 0.330 e. The van der Waals surface area contributed by atoms with E-state index in [1.165, 1.54) is 11.7 Å². The van der Waals surface area contributed by atoms with Crippen molar-refractivity contribution in [2.75, 3.05) is 36.1 Å². The number of methoxy groups -OCH3 is 1. The molecule has 176 valence electrons. The second-order valence-electron chi connectivity index (χ2n) is 8.62. The van der Waals surface area contributed by atoms with Gasteiger partial charge in [0.1, 0.15) is 17.3 Å². The Morgan fingerprint density at radius 2 is 1.91 bits per heavy atom. The first-order valence-corrected chi connectivity index (χ1v) is 10.8. The SMILES string of the molecule is COc1cc(Cl)c(C)cc1NC(=O)CN(CC(C)C)c1c(N)n(CC(C)C)c(=O)[nH]c1=O. The normalized spacial score (nSPS) is 11.2. The van der Waals surface area contributed by atoms with Gasteiger partial charge in [0, 0.05) is 24.2 Å². The molecule has 1 aromatic heterocycles. The second-order valence-corrected chi connectivity index (χ2v) is 9.03. The highest BCUT2D eigenvalue weighted by Crippen LogP contribution is 2.31. The quantitative estimate of drug-likeness (QED) is 0.523. The second kappa shape index (κ2) is 10.6. The number of nitrogen functional groups attached to an aromatic ring is 1. The molecule has 0 aliphatic rings. The summed E-state index contributed by atoms with van der Waals surface area (Å²) in [5.74, 6) is 0.356. The number of rotatable bonds is 9. The van der Waals surface area contributed by atoms with Gasteiger partial charge in [0.2, 0.25) is 5.91 Å². The summed E-state index contributed by atoms with van der Waals surface area (Å²) in [6.45, 7) is 10.2. The molecule has 4 N–H and O–H groups in total. The molecular formula is C22H32ClN5O4. The Hall–Kier alpha value is -2.94. The Kier molecular flexibility index (Phi) is 8.38. The van der Waals surface area contributed by atoms with Crippen LogP contribution in [0.15, 0.2) is 21.7 Å². The molecule has 10 heteroatoms. The number of aromatic nitrogens is 2. The zero-order valence-electron chi connectivity index (χ0n) is 19.4. The van der Waals surface area contributed by atoms with Crippen LogP contribution in [0.4, 0.5) is 17.2 Å². The zero-order chi connectivity index (χ0) is 24.2. The van der Waals surface area contributed by atoms with E-state index in [-0.39, 0.29) is 35.8 Å². The van der Waals surface area contributed by atoms with E-state index in [4.69, 9.17) is 22.1 Å². The van der Waals surface area contributed by atoms with Crippen molar-refractivity contribution in [1.29, 1.82) is 0 Å². The molecule has 0 aliphatic carbocycles. The third-order valence-electron chi connectivity index (χ3n) is 4.75. The van der Waals surface area contributed by atoms with Crippen LogP contribution >= 0.6 is 11.6 Å². The molecular weight excluding hydrogens is 434 g/mol. The first-order valence-electron chi connectivity index (χ1n) is 10.5. The molecule has 0 saturated heterocycles. The van der Waals surface area contributed by atoms with Crippen LogP contribution in [0.2, 0.25) is 5.02 Å². The Labute approximate surface area is 192 Å². The van der Waals surface area contributed by atoms with Crippen LogP contribution in [0.5, 0.6) is 5.75 Å². The summed E-state index contributed by atoms with van der Waals surface area (Å²) in [7, 11) is 1.49. The van der Waals surface area contributed by atoms with Crippen molar-refractivity contribution in [2.45, 2.75) is 41.2 Å². The predicted molar refractivity (Wildman–Crippen MR) is 129 cm³/mol. The number of carbonyl (C=O) groups is 1. The lowest BCUT2D eigenvalue weighted by atomic mass is 10.2. The number of benzene rings is 1. The number of nitrogens with two attached hydrogens (primary N) is 1.